The monoisotopic (exact) mass is 505 g/mol. The summed E-state index contributed by atoms with van der Waals surface area (Å²) in [6.07, 6.45) is 9.49. The Kier molecular flexibility index (Phi) is 9.28. The van der Waals surface area contributed by atoms with Crippen molar-refractivity contribution in [2.45, 2.75) is 57.9 Å². The number of guanidine groups is 1. The van der Waals surface area contributed by atoms with Gasteiger partial charge in [0.05, 0.1) is 5.01 Å². The molecule has 2 fully saturated rings. The van der Waals surface area contributed by atoms with E-state index >= 15 is 0 Å². The number of thiazole rings is 1. The summed E-state index contributed by atoms with van der Waals surface area (Å²) in [5.74, 6) is 1.46. The molecule has 1 aliphatic heterocycles. The van der Waals surface area contributed by atoms with Gasteiger partial charge in [0, 0.05) is 56.1 Å². The molecule has 2 N–H and O–H groups in total. The van der Waals surface area contributed by atoms with Gasteiger partial charge in [-0.05, 0) is 25.7 Å². The molecule has 0 spiro atoms. The van der Waals surface area contributed by atoms with E-state index in [0.29, 0.717) is 5.91 Å². The summed E-state index contributed by atoms with van der Waals surface area (Å²) >= 11 is 1.78. The predicted molar refractivity (Wildman–Crippen MR) is 122 cm³/mol. The molecule has 1 atom stereocenters. The number of amides is 1. The minimum Gasteiger partial charge on any atom is -0.356 e. The first-order valence-electron chi connectivity index (χ1n) is 9.89. The number of carbonyl (C=O) groups is 1. The molecular weight excluding hydrogens is 473 g/mol. The fourth-order valence-electron chi connectivity index (χ4n) is 3.81. The van der Waals surface area contributed by atoms with Gasteiger partial charge in [0.15, 0.2) is 5.96 Å². The van der Waals surface area contributed by atoms with Crippen LogP contribution in [0.3, 0.4) is 0 Å². The summed E-state index contributed by atoms with van der Waals surface area (Å²) < 4.78 is 0. The third kappa shape index (κ3) is 6.30. The number of aromatic nitrogens is 1. The van der Waals surface area contributed by atoms with Crippen molar-refractivity contribution in [2.75, 3.05) is 26.7 Å². The first kappa shape index (κ1) is 22.4. The molecule has 0 bridgehead atoms. The summed E-state index contributed by atoms with van der Waals surface area (Å²) in [6.45, 7) is 4.63. The van der Waals surface area contributed by atoms with Crippen molar-refractivity contribution >= 4 is 47.2 Å². The molecule has 8 heteroatoms. The summed E-state index contributed by atoms with van der Waals surface area (Å²) in [4.78, 5) is 24.7. The van der Waals surface area contributed by atoms with E-state index < -0.39 is 0 Å². The van der Waals surface area contributed by atoms with Crippen molar-refractivity contribution in [3.05, 3.63) is 16.1 Å². The first-order chi connectivity index (χ1) is 12.7. The van der Waals surface area contributed by atoms with E-state index in [2.05, 4.69) is 27.5 Å². The second-order valence-electron chi connectivity index (χ2n) is 7.22. The van der Waals surface area contributed by atoms with Crippen LogP contribution in [-0.4, -0.2) is 54.5 Å². The zero-order valence-corrected chi connectivity index (χ0v) is 19.5. The molecule has 152 valence electrons. The maximum atomic E-state index is 12.6. The quantitative estimate of drug-likeness (QED) is 0.355. The van der Waals surface area contributed by atoms with Gasteiger partial charge < -0.3 is 15.5 Å². The summed E-state index contributed by atoms with van der Waals surface area (Å²) in [7, 11) is 1.80. The van der Waals surface area contributed by atoms with Gasteiger partial charge in [0.25, 0.3) is 0 Å². The second kappa shape index (κ2) is 11.2. The van der Waals surface area contributed by atoms with Crippen LogP contribution >= 0.6 is 35.3 Å². The van der Waals surface area contributed by atoms with Crippen LogP contribution in [0.4, 0.5) is 0 Å². The lowest BCUT2D eigenvalue weighted by molar-refractivity contribution is -0.134. The Balaban J connectivity index is 0.00000261. The van der Waals surface area contributed by atoms with Gasteiger partial charge in [0.2, 0.25) is 5.91 Å². The molecule has 1 aromatic heterocycles. The molecule has 0 aromatic carbocycles. The van der Waals surface area contributed by atoms with Crippen LogP contribution in [0, 0.1) is 5.92 Å². The van der Waals surface area contributed by atoms with Gasteiger partial charge in [-0.3, -0.25) is 9.79 Å². The van der Waals surface area contributed by atoms with E-state index in [1.54, 1.807) is 18.4 Å². The van der Waals surface area contributed by atoms with E-state index in [1.165, 1.54) is 22.7 Å². The van der Waals surface area contributed by atoms with Crippen LogP contribution in [0.1, 0.15) is 48.9 Å². The SMILES string of the molecule is CCc1cnc(CCNC(=NC)NC2CCN(C(=O)C3CCCC3)C2)s1.I. The maximum Gasteiger partial charge on any atom is 0.225 e. The Morgan fingerprint density at radius 1 is 1.37 bits per heavy atom. The van der Waals surface area contributed by atoms with Crippen molar-refractivity contribution in [1.82, 2.24) is 20.5 Å². The molecule has 2 aliphatic rings. The van der Waals surface area contributed by atoms with Crippen molar-refractivity contribution in [3.8, 4) is 0 Å². The van der Waals surface area contributed by atoms with E-state index in [-0.39, 0.29) is 35.9 Å². The van der Waals surface area contributed by atoms with Crippen molar-refractivity contribution in [1.29, 1.82) is 0 Å². The molecular formula is C19H32IN5OS. The van der Waals surface area contributed by atoms with Gasteiger partial charge in [-0.25, -0.2) is 4.98 Å². The fourth-order valence-corrected chi connectivity index (χ4v) is 4.67. The lowest BCUT2D eigenvalue weighted by Gasteiger charge is -2.21. The highest BCUT2D eigenvalue weighted by Crippen LogP contribution is 2.27. The number of rotatable bonds is 6. The number of halogens is 1. The molecule has 6 nitrogen and oxygen atoms in total. The van der Waals surface area contributed by atoms with Crippen LogP contribution in [0.5, 0.6) is 0 Å². The Hall–Kier alpha value is -0.900. The minimum absolute atomic E-state index is 0. The topological polar surface area (TPSA) is 69.6 Å². The van der Waals surface area contributed by atoms with Crippen molar-refractivity contribution < 1.29 is 4.79 Å². The standard InChI is InChI=1S/C19H31N5OS.HI/c1-3-16-12-22-17(26-16)8-10-21-19(20-2)23-15-9-11-24(13-15)18(25)14-6-4-5-7-14;/h12,14-15H,3-11,13H2,1-2H3,(H2,20,21,23);1H. The summed E-state index contributed by atoms with van der Waals surface area (Å²) in [5, 5.41) is 8.01. The lowest BCUT2D eigenvalue weighted by Crippen LogP contribution is -2.45. The Morgan fingerprint density at radius 3 is 2.81 bits per heavy atom. The average molecular weight is 505 g/mol. The first-order valence-corrected chi connectivity index (χ1v) is 10.7. The van der Waals surface area contributed by atoms with E-state index in [4.69, 9.17) is 0 Å². The average Bonchev–Trinajstić information content (AvgIpc) is 3.41. The van der Waals surface area contributed by atoms with E-state index in [9.17, 15) is 4.79 Å². The molecule has 2 heterocycles. The fraction of sp³-hybridized carbons (Fsp3) is 0.737. The lowest BCUT2D eigenvalue weighted by atomic mass is 10.1. The van der Waals surface area contributed by atoms with Gasteiger partial charge >= 0.3 is 0 Å². The highest BCUT2D eigenvalue weighted by Gasteiger charge is 2.32. The van der Waals surface area contributed by atoms with Crippen molar-refractivity contribution in [2.24, 2.45) is 10.9 Å². The molecule has 1 aromatic rings. The number of hydrogen-bond acceptors (Lipinski definition) is 4. The second-order valence-corrected chi connectivity index (χ2v) is 8.42. The zero-order valence-electron chi connectivity index (χ0n) is 16.4. The Morgan fingerprint density at radius 2 is 2.15 bits per heavy atom. The number of carbonyl (C=O) groups excluding carboxylic acids is 1. The largest absolute Gasteiger partial charge is 0.356 e. The van der Waals surface area contributed by atoms with Gasteiger partial charge in [-0.1, -0.05) is 19.8 Å². The number of likely N-dealkylation sites (tertiary alicyclic amines) is 1. The highest BCUT2D eigenvalue weighted by molar-refractivity contribution is 14.0. The maximum absolute atomic E-state index is 12.6. The summed E-state index contributed by atoms with van der Waals surface area (Å²) in [5.41, 5.74) is 0. The van der Waals surface area contributed by atoms with E-state index in [0.717, 1.165) is 57.7 Å². The number of nitrogens with zero attached hydrogens (tertiary/aromatic N) is 3. The van der Waals surface area contributed by atoms with Crippen LogP contribution < -0.4 is 10.6 Å². The molecule has 27 heavy (non-hydrogen) atoms. The van der Waals surface area contributed by atoms with Gasteiger partial charge in [0.1, 0.15) is 0 Å². The Labute approximate surface area is 183 Å². The number of hydrogen-bond donors (Lipinski definition) is 2. The smallest absolute Gasteiger partial charge is 0.225 e. The molecule has 0 radical (unpaired) electrons. The van der Waals surface area contributed by atoms with Crippen LogP contribution in [-0.2, 0) is 17.6 Å². The molecule has 1 saturated carbocycles. The molecule has 1 aliphatic carbocycles. The third-order valence-corrected chi connectivity index (χ3v) is 6.55. The molecule has 1 amide bonds. The van der Waals surface area contributed by atoms with E-state index in [1.807, 2.05) is 11.1 Å². The molecule has 1 saturated heterocycles. The third-order valence-electron chi connectivity index (χ3n) is 5.35. The summed E-state index contributed by atoms with van der Waals surface area (Å²) in [6, 6.07) is 0.290. The minimum atomic E-state index is 0. The van der Waals surface area contributed by atoms with Crippen molar-refractivity contribution in [3.63, 3.8) is 0 Å². The van der Waals surface area contributed by atoms with Crippen LogP contribution in [0.2, 0.25) is 0 Å². The van der Waals surface area contributed by atoms with Gasteiger partial charge in [-0.15, -0.1) is 35.3 Å². The number of nitrogens with one attached hydrogen (secondary N) is 2. The molecule has 3 rings (SSSR count). The van der Waals surface area contributed by atoms with Crippen LogP contribution in [0.25, 0.3) is 0 Å². The normalized spacial score (nSPS) is 20.6. The predicted octanol–water partition coefficient (Wildman–Crippen LogP) is 2.82. The number of aliphatic imine (C=N–C) groups is 1. The number of aryl methyl sites for hydroxylation is 1. The zero-order chi connectivity index (χ0) is 18.4. The van der Waals surface area contributed by atoms with Gasteiger partial charge in [-0.2, -0.15) is 0 Å². The highest BCUT2D eigenvalue weighted by atomic mass is 127. The van der Waals surface area contributed by atoms with Crippen LogP contribution in [0.15, 0.2) is 11.2 Å². The Bertz CT molecular complexity index is 629. The molecule has 1 unspecified atom stereocenters.